The smallest absolute Gasteiger partial charge is 0.416 e. The third-order valence-electron chi connectivity index (χ3n) is 3.06. The Bertz CT molecular complexity index is 604. The number of benzene rings is 1. The Labute approximate surface area is 134 Å². The van der Waals surface area contributed by atoms with Crippen molar-refractivity contribution in [1.82, 2.24) is 0 Å². The zero-order valence-corrected chi connectivity index (χ0v) is 13.6. The van der Waals surface area contributed by atoms with Crippen molar-refractivity contribution < 1.29 is 22.7 Å². The summed E-state index contributed by atoms with van der Waals surface area (Å²) >= 11 is 2.74. The highest BCUT2D eigenvalue weighted by Crippen LogP contribution is 2.35. The van der Waals surface area contributed by atoms with Gasteiger partial charge >= 0.3 is 12.1 Å². The number of hydrogen-bond donors (Lipinski definition) is 0. The van der Waals surface area contributed by atoms with Crippen molar-refractivity contribution in [2.45, 2.75) is 24.4 Å². The second-order valence-electron chi connectivity index (χ2n) is 4.92. The number of carbonyl (C=O) groups excluding carboxylic acids is 1. The normalized spacial score (nSPS) is 21.6. The third-order valence-corrected chi connectivity index (χ3v) is 5.62. The molecular formula is C14H14F3NO2S2. The molecule has 0 bridgehead atoms. The molecule has 0 radical (unpaired) electrons. The van der Waals surface area contributed by atoms with Crippen LogP contribution in [0.3, 0.4) is 0 Å². The molecule has 8 heteroatoms. The minimum atomic E-state index is -4.34. The number of hydrogen-bond acceptors (Lipinski definition) is 5. The Hall–Kier alpha value is -1.15. The Morgan fingerprint density at radius 2 is 2.23 bits per heavy atom. The fourth-order valence-corrected chi connectivity index (χ4v) is 4.12. The van der Waals surface area contributed by atoms with E-state index < -0.39 is 23.2 Å². The van der Waals surface area contributed by atoms with E-state index in [1.807, 2.05) is 0 Å². The lowest BCUT2D eigenvalue weighted by Crippen LogP contribution is -2.34. The average Bonchev–Trinajstić information content (AvgIpc) is 2.86. The van der Waals surface area contributed by atoms with E-state index in [1.165, 1.54) is 36.7 Å². The molecule has 0 amide bonds. The number of thioether (sulfide) groups is 2. The van der Waals surface area contributed by atoms with Gasteiger partial charge in [-0.25, -0.2) is 4.79 Å². The summed E-state index contributed by atoms with van der Waals surface area (Å²) in [7, 11) is 1.31. The van der Waals surface area contributed by atoms with E-state index in [0.29, 0.717) is 21.4 Å². The largest absolute Gasteiger partial charge is 0.467 e. The number of halogens is 3. The number of carbonyl (C=O) groups is 1. The average molecular weight is 349 g/mol. The molecule has 0 spiro atoms. The number of ether oxygens (including phenoxy) is 1. The van der Waals surface area contributed by atoms with Gasteiger partial charge in [0, 0.05) is 11.5 Å². The van der Waals surface area contributed by atoms with E-state index in [9.17, 15) is 18.0 Å². The van der Waals surface area contributed by atoms with E-state index >= 15 is 0 Å². The predicted molar refractivity (Wildman–Crippen MR) is 83.1 cm³/mol. The quantitative estimate of drug-likeness (QED) is 0.774. The van der Waals surface area contributed by atoms with Crippen molar-refractivity contribution >= 4 is 33.9 Å². The van der Waals surface area contributed by atoms with Crippen LogP contribution in [0.15, 0.2) is 29.3 Å². The number of esters is 1. The molecule has 120 valence electrons. The van der Waals surface area contributed by atoms with Crippen LogP contribution in [0.2, 0.25) is 0 Å². The third kappa shape index (κ3) is 3.98. The lowest BCUT2D eigenvalue weighted by atomic mass is 10.1. The van der Waals surface area contributed by atoms with Crippen LogP contribution < -0.4 is 0 Å². The van der Waals surface area contributed by atoms with Crippen LogP contribution in [-0.4, -0.2) is 28.7 Å². The Morgan fingerprint density at radius 3 is 2.86 bits per heavy atom. The van der Waals surface area contributed by atoms with Crippen molar-refractivity contribution in [3.8, 4) is 0 Å². The molecule has 1 heterocycles. The van der Waals surface area contributed by atoms with E-state index in [2.05, 4.69) is 4.99 Å². The van der Waals surface area contributed by atoms with E-state index in [1.54, 1.807) is 13.0 Å². The van der Waals surface area contributed by atoms with Gasteiger partial charge in [-0.1, -0.05) is 41.7 Å². The SMILES string of the molecule is COC(=O)C1(C)CSC(SCc2cccc(C(F)(F)F)c2)=N1. The summed E-state index contributed by atoms with van der Waals surface area (Å²) in [6.07, 6.45) is -4.34. The number of aliphatic imine (C=N–C) groups is 1. The standard InChI is InChI=1S/C14H14F3NO2S2/c1-13(11(19)20-2)8-22-12(18-13)21-7-9-4-3-5-10(6-9)14(15,16)17/h3-6H,7-8H2,1-2H3. The summed E-state index contributed by atoms with van der Waals surface area (Å²) in [6, 6.07) is 5.21. The van der Waals surface area contributed by atoms with Gasteiger partial charge in [0.25, 0.3) is 0 Å². The zero-order chi connectivity index (χ0) is 16.4. The lowest BCUT2D eigenvalue weighted by Gasteiger charge is -2.15. The molecule has 22 heavy (non-hydrogen) atoms. The molecule has 2 rings (SSSR count). The Kier molecular flexibility index (Phi) is 5.11. The van der Waals surface area contributed by atoms with Gasteiger partial charge in [-0.05, 0) is 18.6 Å². The van der Waals surface area contributed by atoms with Crippen molar-refractivity contribution in [2.75, 3.05) is 12.9 Å². The van der Waals surface area contributed by atoms with Crippen LogP contribution in [0.5, 0.6) is 0 Å². The van der Waals surface area contributed by atoms with Crippen LogP contribution >= 0.6 is 23.5 Å². The fourth-order valence-electron chi connectivity index (χ4n) is 1.85. The second-order valence-corrected chi connectivity index (χ2v) is 7.11. The van der Waals surface area contributed by atoms with Gasteiger partial charge in [0.15, 0.2) is 5.54 Å². The van der Waals surface area contributed by atoms with Crippen molar-refractivity contribution in [1.29, 1.82) is 0 Å². The summed E-state index contributed by atoms with van der Waals surface area (Å²) in [4.78, 5) is 16.0. The van der Waals surface area contributed by atoms with Gasteiger partial charge in [-0.3, -0.25) is 4.99 Å². The molecule has 1 aromatic carbocycles. The Morgan fingerprint density at radius 1 is 1.50 bits per heavy atom. The van der Waals surface area contributed by atoms with Crippen LogP contribution in [-0.2, 0) is 21.5 Å². The van der Waals surface area contributed by atoms with Gasteiger partial charge in [0.2, 0.25) is 0 Å². The maximum Gasteiger partial charge on any atom is 0.416 e. The van der Waals surface area contributed by atoms with Crippen molar-refractivity contribution in [3.63, 3.8) is 0 Å². The van der Waals surface area contributed by atoms with Gasteiger partial charge in [0.1, 0.15) is 4.38 Å². The van der Waals surface area contributed by atoms with E-state index in [-0.39, 0.29) is 0 Å². The van der Waals surface area contributed by atoms with Crippen LogP contribution in [0.1, 0.15) is 18.1 Å². The molecule has 1 aliphatic heterocycles. The molecule has 1 atom stereocenters. The first-order chi connectivity index (χ1) is 10.2. The number of nitrogens with zero attached hydrogens (tertiary/aromatic N) is 1. The van der Waals surface area contributed by atoms with Crippen molar-refractivity contribution in [3.05, 3.63) is 35.4 Å². The van der Waals surface area contributed by atoms with Crippen molar-refractivity contribution in [2.24, 2.45) is 4.99 Å². The summed E-state index contributed by atoms with van der Waals surface area (Å²) < 4.78 is 43.4. The number of rotatable bonds is 3. The maximum atomic E-state index is 12.7. The highest BCUT2D eigenvalue weighted by atomic mass is 32.2. The molecule has 1 aromatic rings. The lowest BCUT2D eigenvalue weighted by molar-refractivity contribution is -0.145. The molecule has 0 aromatic heterocycles. The molecule has 0 fully saturated rings. The minimum Gasteiger partial charge on any atom is -0.467 e. The number of alkyl halides is 3. The first kappa shape index (κ1) is 17.2. The molecule has 1 aliphatic rings. The zero-order valence-electron chi connectivity index (χ0n) is 11.9. The van der Waals surface area contributed by atoms with E-state index in [4.69, 9.17) is 4.74 Å². The predicted octanol–water partition coefficient (Wildman–Crippen LogP) is 3.97. The van der Waals surface area contributed by atoms with Crippen LogP contribution in [0, 0.1) is 0 Å². The monoisotopic (exact) mass is 349 g/mol. The first-order valence-electron chi connectivity index (χ1n) is 6.34. The Balaban J connectivity index is 2.03. The molecule has 3 nitrogen and oxygen atoms in total. The van der Waals surface area contributed by atoms with Gasteiger partial charge in [-0.2, -0.15) is 13.2 Å². The highest BCUT2D eigenvalue weighted by Gasteiger charge is 2.39. The number of methoxy groups -OCH3 is 1. The fraction of sp³-hybridized carbons (Fsp3) is 0.429. The molecule has 0 aliphatic carbocycles. The molecule has 0 N–H and O–H groups in total. The second kappa shape index (κ2) is 6.54. The molecule has 0 saturated heterocycles. The highest BCUT2D eigenvalue weighted by molar-refractivity contribution is 8.38. The van der Waals surface area contributed by atoms with Gasteiger partial charge in [-0.15, -0.1) is 0 Å². The van der Waals surface area contributed by atoms with Crippen LogP contribution in [0.4, 0.5) is 13.2 Å². The summed E-state index contributed by atoms with van der Waals surface area (Å²) in [5.41, 5.74) is -1.00. The van der Waals surface area contributed by atoms with Gasteiger partial charge < -0.3 is 4.74 Å². The molecule has 0 saturated carbocycles. The minimum absolute atomic E-state index is 0.368. The van der Waals surface area contributed by atoms with E-state index in [0.717, 1.165) is 12.1 Å². The summed E-state index contributed by atoms with van der Waals surface area (Å²) in [5.74, 6) is 0.437. The van der Waals surface area contributed by atoms with Gasteiger partial charge in [0.05, 0.1) is 12.7 Å². The topological polar surface area (TPSA) is 38.7 Å². The maximum absolute atomic E-state index is 12.7. The van der Waals surface area contributed by atoms with Crippen LogP contribution in [0.25, 0.3) is 0 Å². The molecule has 1 unspecified atom stereocenters. The summed E-state index contributed by atoms with van der Waals surface area (Å²) in [5, 5.41) is 0. The molecular weight excluding hydrogens is 335 g/mol. The first-order valence-corrected chi connectivity index (χ1v) is 8.32. The summed E-state index contributed by atoms with van der Waals surface area (Å²) in [6.45, 7) is 1.68.